The summed E-state index contributed by atoms with van der Waals surface area (Å²) in [5.41, 5.74) is 2.01. The Hall–Kier alpha value is -1.80. The summed E-state index contributed by atoms with van der Waals surface area (Å²) < 4.78 is 9.96. The highest BCUT2D eigenvalue weighted by atomic mass is 16.7. The van der Waals surface area contributed by atoms with Crippen LogP contribution in [0.5, 0.6) is 0 Å². The zero-order valence-corrected chi connectivity index (χ0v) is 10.5. The second-order valence-electron chi connectivity index (χ2n) is 4.91. The van der Waals surface area contributed by atoms with E-state index in [2.05, 4.69) is 12.3 Å². The van der Waals surface area contributed by atoms with Crippen molar-refractivity contribution in [3.05, 3.63) is 30.0 Å². The lowest BCUT2D eigenvalue weighted by Gasteiger charge is -2.30. The molecule has 92 valence electrons. The molecule has 1 fully saturated rings. The molecule has 0 aromatic rings. The van der Waals surface area contributed by atoms with Crippen molar-refractivity contribution in [2.75, 3.05) is 0 Å². The van der Waals surface area contributed by atoms with Gasteiger partial charge in [-0.1, -0.05) is 26.5 Å². The molecule has 0 aliphatic carbocycles. The van der Waals surface area contributed by atoms with E-state index in [1.165, 1.54) is 19.9 Å². The molecule has 0 spiro atoms. The summed E-state index contributed by atoms with van der Waals surface area (Å²) in [5, 5.41) is 0. The molecule has 17 heavy (non-hydrogen) atoms. The van der Waals surface area contributed by atoms with Crippen molar-refractivity contribution in [2.24, 2.45) is 5.41 Å². The molecule has 1 aliphatic rings. The van der Waals surface area contributed by atoms with Gasteiger partial charge in [-0.2, -0.15) is 0 Å². The van der Waals surface area contributed by atoms with Crippen LogP contribution in [-0.4, -0.2) is 17.7 Å². The number of carbonyl (C=O) groups excluding carboxylic acids is 2. The average molecular weight is 236 g/mol. The number of rotatable bonds is 2. The van der Waals surface area contributed by atoms with Crippen LogP contribution in [0.1, 0.15) is 27.7 Å². The molecule has 0 saturated carbocycles. The van der Waals surface area contributed by atoms with E-state index in [1.54, 1.807) is 6.08 Å². The van der Waals surface area contributed by atoms with Crippen LogP contribution in [0.25, 0.3) is 0 Å². The zero-order chi connectivity index (χ0) is 13.3. The number of cyclic esters (lactones) is 2. The fourth-order valence-corrected chi connectivity index (χ4v) is 1.46. The Balaban J connectivity index is 3.08. The minimum atomic E-state index is -1.20. The summed E-state index contributed by atoms with van der Waals surface area (Å²) in [6, 6.07) is 0. The Morgan fingerprint density at radius 3 is 2.12 bits per heavy atom. The molecule has 0 unspecified atom stereocenters. The summed E-state index contributed by atoms with van der Waals surface area (Å²) >= 11 is 0. The molecule has 0 amide bonds. The van der Waals surface area contributed by atoms with Gasteiger partial charge in [-0.05, 0) is 6.08 Å². The van der Waals surface area contributed by atoms with Crippen LogP contribution in [0.15, 0.2) is 30.0 Å². The maximum atomic E-state index is 11.7. The summed E-state index contributed by atoms with van der Waals surface area (Å²) in [4.78, 5) is 23.3. The van der Waals surface area contributed by atoms with Crippen LogP contribution < -0.4 is 0 Å². The molecule has 1 heterocycles. The molecule has 1 saturated heterocycles. The second kappa shape index (κ2) is 4.22. The van der Waals surface area contributed by atoms with Crippen molar-refractivity contribution in [3.8, 4) is 0 Å². The van der Waals surface area contributed by atoms with Gasteiger partial charge in [0.25, 0.3) is 5.79 Å². The lowest BCUT2D eigenvalue weighted by molar-refractivity contribution is -0.222. The highest BCUT2D eigenvalue weighted by Crippen LogP contribution is 2.27. The number of hydrogen-bond acceptors (Lipinski definition) is 4. The molecular formula is C13H16O4. The van der Waals surface area contributed by atoms with Gasteiger partial charge in [-0.25, -0.2) is 9.59 Å². The summed E-state index contributed by atoms with van der Waals surface area (Å²) in [5.74, 6) is -2.54. The largest absolute Gasteiger partial charge is 0.419 e. The van der Waals surface area contributed by atoms with Crippen molar-refractivity contribution in [1.82, 2.24) is 0 Å². The van der Waals surface area contributed by atoms with Gasteiger partial charge in [0.1, 0.15) is 5.57 Å². The standard InChI is InChI=1S/C13H16O4/c1-6-7-12(2,3)8-9-10(14)16-13(4,5)17-11(9)15/h7-8H,1H2,2-5H3. The van der Waals surface area contributed by atoms with Crippen molar-refractivity contribution in [1.29, 1.82) is 0 Å². The topological polar surface area (TPSA) is 52.6 Å². The van der Waals surface area contributed by atoms with Crippen LogP contribution in [0, 0.1) is 5.41 Å². The van der Waals surface area contributed by atoms with Crippen molar-refractivity contribution < 1.29 is 19.1 Å². The first-order chi connectivity index (χ1) is 7.67. The van der Waals surface area contributed by atoms with E-state index < -0.39 is 23.1 Å². The van der Waals surface area contributed by atoms with E-state index in [9.17, 15) is 9.59 Å². The van der Waals surface area contributed by atoms with E-state index in [0.717, 1.165) is 0 Å². The minimum Gasteiger partial charge on any atom is -0.419 e. The third kappa shape index (κ3) is 3.33. The molecule has 0 aromatic carbocycles. The van der Waals surface area contributed by atoms with E-state index >= 15 is 0 Å². The van der Waals surface area contributed by atoms with E-state index in [1.807, 2.05) is 13.8 Å². The van der Waals surface area contributed by atoms with Crippen LogP contribution >= 0.6 is 0 Å². The number of carbonyl (C=O) groups is 2. The molecule has 0 N–H and O–H groups in total. The van der Waals surface area contributed by atoms with E-state index in [4.69, 9.17) is 9.47 Å². The highest BCUT2D eigenvalue weighted by molar-refractivity contribution is 6.15. The lowest BCUT2D eigenvalue weighted by Crippen LogP contribution is -2.42. The predicted molar refractivity (Wildman–Crippen MR) is 61.8 cm³/mol. The summed E-state index contributed by atoms with van der Waals surface area (Å²) in [7, 11) is 0. The third-order valence-electron chi connectivity index (χ3n) is 2.11. The summed E-state index contributed by atoms with van der Waals surface area (Å²) in [6.07, 6.45) is 3.14. The fraction of sp³-hybridized carbons (Fsp3) is 0.462. The van der Waals surface area contributed by atoms with Gasteiger partial charge >= 0.3 is 11.9 Å². The van der Waals surface area contributed by atoms with Gasteiger partial charge in [-0.15, -0.1) is 5.73 Å². The van der Waals surface area contributed by atoms with Gasteiger partial charge in [0.2, 0.25) is 0 Å². The Bertz CT molecular complexity index is 412. The maximum Gasteiger partial charge on any atom is 0.348 e. The molecule has 1 aliphatic heterocycles. The quantitative estimate of drug-likeness (QED) is 0.319. The van der Waals surface area contributed by atoms with Gasteiger partial charge < -0.3 is 9.47 Å². The lowest BCUT2D eigenvalue weighted by atomic mass is 9.90. The molecule has 0 radical (unpaired) electrons. The van der Waals surface area contributed by atoms with Gasteiger partial charge in [0.15, 0.2) is 0 Å². The van der Waals surface area contributed by atoms with Gasteiger partial charge in [-0.3, -0.25) is 0 Å². The molecule has 0 bridgehead atoms. The first-order valence-corrected chi connectivity index (χ1v) is 5.23. The highest BCUT2D eigenvalue weighted by Gasteiger charge is 2.39. The van der Waals surface area contributed by atoms with Gasteiger partial charge in [0.05, 0.1) is 0 Å². The van der Waals surface area contributed by atoms with Gasteiger partial charge in [0, 0.05) is 19.3 Å². The molecule has 0 aromatic heterocycles. The SMILES string of the molecule is C=C=CC(C)(C)C=C1C(=O)OC(C)(C)OC1=O. The number of allylic oxidation sites excluding steroid dienone is 2. The molecule has 4 heteroatoms. The molecular weight excluding hydrogens is 220 g/mol. The Labute approximate surface area is 101 Å². The average Bonchev–Trinajstić information content (AvgIpc) is 2.10. The number of hydrogen-bond donors (Lipinski definition) is 0. The van der Waals surface area contributed by atoms with Crippen LogP contribution in [0.2, 0.25) is 0 Å². The second-order valence-corrected chi connectivity index (χ2v) is 4.91. The maximum absolute atomic E-state index is 11.7. The van der Waals surface area contributed by atoms with Crippen molar-refractivity contribution >= 4 is 11.9 Å². The fourth-order valence-electron chi connectivity index (χ4n) is 1.46. The molecule has 4 nitrogen and oxygen atoms in total. The van der Waals surface area contributed by atoms with Crippen LogP contribution in [0.4, 0.5) is 0 Å². The number of ether oxygens (including phenoxy) is 2. The normalized spacial score (nSPS) is 18.9. The van der Waals surface area contributed by atoms with Crippen molar-refractivity contribution in [2.45, 2.75) is 33.5 Å². The Morgan fingerprint density at radius 1 is 1.24 bits per heavy atom. The molecule has 0 atom stereocenters. The first-order valence-electron chi connectivity index (χ1n) is 5.23. The Morgan fingerprint density at radius 2 is 1.71 bits per heavy atom. The predicted octanol–water partition coefficient (Wildman–Crippen LogP) is 2.12. The third-order valence-corrected chi connectivity index (χ3v) is 2.11. The zero-order valence-electron chi connectivity index (χ0n) is 10.5. The van der Waals surface area contributed by atoms with Crippen LogP contribution in [-0.2, 0) is 19.1 Å². The van der Waals surface area contributed by atoms with E-state index in [0.29, 0.717) is 0 Å². The monoisotopic (exact) mass is 236 g/mol. The Kier molecular flexibility index (Phi) is 3.30. The summed E-state index contributed by atoms with van der Waals surface area (Å²) in [6.45, 7) is 10.1. The van der Waals surface area contributed by atoms with Crippen LogP contribution in [0.3, 0.4) is 0 Å². The smallest absolute Gasteiger partial charge is 0.348 e. The minimum absolute atomic E-state index is 0.0965. The van der Waals surface area contributed by atoms with Crippen molar-refractivity contribution in [3.63, 3.8) is 0 Å². The first kappa shape index (κ1) is 13.3. The number of esters is 2. The van der Waals surface area contributed by atoms with E-state index in [-0.39, 0.29) is 5.57 Å². The molecule has 1 rings (SSSR count).